The van der Waals surface area contributed by atoms with Crippen LogP contribution in [0.5, 0.6) is 5.75 Å². The van der Waals surface area contributed by atoms with Gasteiger partial charge in [-0.05, 0) is 37.5 Å². The fraction of sp³-hybridized carbons (Fsp3) is 0.462. The van der Waals surface area contributed by atoms with Gasteiger partial charge in [0.15, 0.2) is 5.75 Å². The maximum absolute atomic E-state index is 12.2. The highest BCUT2D eigenvalue weighted by Crippen LogP contribution is 2.27. The van der Waals surface area contributed by atoms with Gasteiger partial charge < -0.3 is 10.0 Å². The van der Waals surface area contributed by atoms with Crippen molar-refractivity contribution in [2.45, 2.75) is 19.4 Å². The van der Waals surface area contributed by atoms with Crippen LogP contribution in [0.25, 0.3) is 0 Å². The highest BCUT2D eigenvalue weighted by molar-refractivity contribution is 7.98. The van der Waals surface area contributed by atoms with E-state index < -0.39 is 16.4 Å². The second-order valence-electron chi connectivity index (χ2n) is 4.51. The van der Waals surface area contributed by atoms with Crippen LogP contribution in [-0.4, -0.2) is 45.9 Å². The first kappa shape index (κ1) is 16.3. The lowest BCUT2D eigenvalue weighted by Gasteiger charge is -2.24. The number of nitro benzene ring substituents is 1. The first-order chi connectivity index (χ1) is 9.38. The smallest absolute Gasteiger partial charge is 0.310 e. The van der Waals surface area contributed by atoms with E-state index in [0.717, 1.165) is 24.3 Å². The number of amides is 1. The van der Waals surface area contributed by atoms with Gasteiger partial charge in [0.25, 0.3) is 5.91 Å². The summed E-state index contributed by atoms with van der Waals surface area (Å²) in [5.41, 5.74) is -0.161. The molecule has 6 nitrogen and oxygen atoms in total. The molecule has 1 N–H and O–H groups in total. The fourth-order valence-electron chi connectivity index (χ4n) is 1.70. The van der Waals surface area contributed by atoms with Gasteiger partial charge in [-0.3, -0.25) is 14.9 Å². The lowest BCUT2D eigenvalue weighted by molar-refractivity contribution is -0.385. The number of aromatic hydroxyl groups is 1. The maximum Gasteiger partial charge on any atom is 0.310 e. The molecule has 1 aromatic carbocycles. The van der Waals surface area contributed by atoms with Crippen LogP contribution in [-0.2, 0) is 0 Å². The third-order valence-electron chi connectivity index (χ3n) is 3.14. The molecule has 20 heavy (non-hydrogen) atoms. The Bertz CT molecular complexity index is 507. The van der Waals surface area contributed by atoms with Crippen LogP contribution in [0.2, 0.25) is 0 Å². The number of nitro groups is 1. The molecule has 0 aliphatic carbocycles. The van der Waals surface area contributed by atoms with Gasteiger partial charge in [-0.1, -0.05) is 0 Å². The average molecular weight is 298 g/mol. The zero-order valence-corrected chi connectivity index (χ0v) is 12.5. The first-order valence-electron chi connectivity index (χ1n) is 6.12. The lowest BCUT2D eigenvalue weighted by atomic mass is 10.1. The Kier molecular flexibility index (Phi) is 5.82. The van der Waals surface area contributed by atoms with E-state index in [1.54, 1.807) is 23.7 Å². The van der Waals surface area contributed by atoms with Crippen molar-refractivity contribution in [2.24, 2.45) is 0 Å². The number of nitrogens with zero attached hydrogens (tertiary/aromatic N) is 2. The summed E-state index contributed by atoms with van der Waals surface area (Å²) in [7, 11) is 1.69. The van der Waals surface area contributed by atoms with Crippen molar-refractivity contribution < 1.29 is 14.8 Å². The van der Waals surface area contributed by atoms with Crippen molar-refractivity contribution in [1.29, 1.82) is 0 Å². The van der Waals surface area contributed by atoms with Gasteiger partial charge in [0.05, 0.1) is 4.92 Å². The normalized spacial score (nSPS) is 11.9. The number of hydrogen-bond acceptors (Lipinski definition) is 5. The molecule has 0 aromatic heterocycles. The van der Waals surface area contributed by atoms with Crippen LogP contribution in [0, 0.1) is 10.1 Å². The van der Waals surface area contributed by atoms with E-state index in [-0.39, 0.29) is 17.5 Å². The Morgan fingerprint density at radius 1 is 1.55 bits per heavy atom. The number of benzene rings is 1. The zero-order chi connectivity index (χ0) is 15.3. The van der Waals surface area contributed by atoms with Gasteiger partial charge in [-0.25, -0.2) is 0 Å². The standard InChI is InChI=1S/C13H18N2O4S/c1-9(6-7-20-3)14(2)13(17)10-4-5-11(15(18)19)12(16)8-10/h4-5,8-9,16H,6-7H2,1-3H3. The number of rotatable bonds is 6. The summed E-state index contributed by atoms with van der Waals surface area (Å²) in [6.45, 7) is 1.94. The molecule has 0 saturated carbocycles. The molecule has 0 saturated heterocycles. The number of hydrogen-bond donors (Lipinski definition) is 1. The Balaban J connectivity index is 2.87. The molecule has 1 rings (SSSR count). The highest BCUT2D eigenvalue weighted by atomic mass is 32.2. The molecule has 110 valence electrons. The number of carbonyl (C=O) groups excluding carboxylic acids is 1. The van der Waals surface area contributed by atoms with Crippen molar-refractivity contribution >= 4 is 23.4 Å². The van der Waals surface area contributed by atoms with Crippen molar-refractivity contribution in [1.82, 2.24) is 4.90 Å². The van der Waals surface area contributed by atoms with E-state index in [2.05, 4.69) is 0 Å². The summed E-state index contributed by atoms with van der Waals surface area (Å²) in [5.74, 6) is 0.194. The Morgan fingerprint density at radius 2 is 2.20 bits per heavy atom. The SMILES string of the molecule is CSCCC(C)N(C)C(=O)c1ccc([N+](=O)[O-])c(O)c1. The molecular weight excluding hydrogens is 280 g/mol. The summed E-state index contributed by atoms with van der Waals surface area (Å²) in [5, 5.41) is 20.2. The van der Waals surface area contributed by atoms with Gasteiger partial charge in [-0.2, -0.15) is 11.8 Å². The van der Waals surface area contributed by atoms with Crippen molar-refractivity contribution in [3.8, 4) is 5.75 Å². The van der Waals surface area contributed by atoms with Crippen molar-refractivity contribution in [3.05, 3.63) is 33.9 Å². The van der Waals surface area contributed by atoms with E-state index in [1.807, 2.05) is 13.2 Å². The van der Waals surface area contributed by atoms with E-state index in [4.69, 9.17) is 0 Å². The maximum atomic E-state index is 12.2. The predicted octanol–water partition coefficient (Wildman–Crippen LogP) is 2.51. The molecule has 0 fully saturated rings. The van der Waals surface area contributed by atoms with Crippen LogP contribution < -0.4 is 0 Å². The molecule has 1 atom stereocenters. The van der Waals surface area contributed by atoms with Gasteiger partial charge >= 0.3 is 5.69 Å². The molecule has 0 radical (unpaired) electrons. The third kappa shape index (κ3) is 3.86. The van der Waals surface area contributed by atoms with Crippen LogP contribution >= 0.6 is 11.8 Å². The Morgan fingerprint density at radius 3 is 2.70 bits per heavy atom. The van der Waals surface area contributed by atoms with Gasteiger partial charge in [0.1, 0.15) is 0 Å². The van der Waals surface area contributed by atoms with Crippen LogP contribution in [0.1, 0.15) is 23.7 Å². The van der Waals surface area contributed by atoms with Crippen molar-refractivity contribution in [2.75, 3.05) is 19.1 Å². The molecule has 1 amide bonds. The number of carbonyl (C=O) groups is 1. The molecule has 1 unspecified atom stereocenters. The topological polar surface area (TPSA) is 83.7 Å². The van der Waals surface area contributed by atoms with E-state index >= 15 is 0 Å². The molecule has 0 spiro atoms. The summed E-state index contributed by atoms with van der Waals surface area (Å²) < 4.78 is 0. The van der Waals surface area contributed by atoms with E-state index in [0.29, 0.717) is 0 Å². The van der Waals surface area contributed by atoms with Crippen molar-refractivity contribution in [3.63, 3.8) is 0 Å². The number of phenolic OH excluding ortho intramolecular Hbond substituents is 1. The third-order valence-corrected chi connectivity index (χ3v) is 3.78. The van der Waals surface area contributed by atoms with Crippen LogP contribution in [0.4, 0.5) is 5.69 Å². The second kappa shape index (κ2) is 7.14. The summed E-state index contributed by atoms with van der Waals surface area (Å²) in [6.07, 6.45) is 2.87. The fourth-order valence-corrected chi connectivity index (χ4v) is 2.27. The minimum atomic E-state index is -0.686. The van der Waals surface area contributed by atoms with E-state index in [9.17, 15) is 20.0 Å². The quantitative estimate of drug-likeness (QED) is 0.644. The molecule has 0 aliphatic heterocycles. The Hall–Kier alpha value is -1.76. The lowest BCUT2D eigenvalue weighted by Crippen LogP contribution is -2.35. The molecule has 0 heterocycles. The van der Waals surface area contributed by atoms with Crippen LogP contribution in [0.15, 0.2) is 18.2 Å². The average Bonchev–Trinajstić information content (AvgIpc) is 2.42. The highest BCUT2D eigenvalue weighted by Gasteiger charge is 2.20. The van der Waals surface area contributed by atoms with Crippen LogP contribution in [0.3, 0.4) is 0 Å². The summed E-state index contributed by atoms with van der Waals surface area (Å²) in [6, 6.07) is 3.70. The predicted molar refractivity (Wildman–Crippen MR) is 79.3 cm³/mol. The number of thioether (sulfide) groups is 1. The number of phenols is 1. The summed E-state index contributed by atoms with van der Waals surface area (Å²) in [4.78, 5) is 23.7. The van der Waals surface area contributed by atoms with Gasteiger partial charge in [-0.15, -0.1) is 0 Å². The molecule has 0 aliphatic rings. The molecule has 7 heteroatoms. The molecule has 0 bridgehead atoms. The minimum Gasteiger partial charge on any atom is -0.502 e. The van der Waals surface area contributed by atoms with Gasteiger partial charge in [0.2, 0.25) is 0 Å². The first-order valence-corrected chi connectivity index (χ1v) is 7.51. The largest absolute Gasteiger partial charge is 0.502 e. The molecule has 1 aromatic rings. The molecular formula is C13H18N2O4S. The van der Waals surface area contributed by atoms with E-state index in [1.165, 1.54) is 6.07 Å². The monoisotopic (exact) mass is 298 g/mol. The zero-order valence-electron chi connectivity index (χ0n) is 11.7. The summed E-state index contributed by atoms with van der Waals surface area (Å²) >= 11 is 1.71. The second-order valence-corrected chi connectivity index (χ2v) is 5.49. The Labute approximate surface area is 121 Å². The van der Waals surface area contributed by atoms with Gasteiger partial charge in [0, 0.05) is 24.7 Å². The minimum absolute atomic E-state index is 0.0623.